The number of carbonyl (C=O) groups excluding carboxylic acids is 1. The van der Waals surface area contributed by atoms with Gasteiger partial charge in [0.05, 0.1) is 7.11 Å². The van der Waals surface area contributed by atoms with Crippen molar-refractivity contribution in [3.8, 4) is 0 Å². The smallest absolute Gasteiger partial charge is 0.249 e. The van der Waals surface area contributed by atoms with Gasteiger partial charge >= 0.3 is 0 Å². The zero-order chi connectivity index (χ0) is 8.97. The lowest BCUT2D eigenvalue weighted by Crippen LogP contribution is -2.32. The van der Waals surface area contributed by atoms with Crippen LogP contribution in [0.5, 0.6) is 0 Å². The van der Waals surface area contributed by atoms with Gasteiger partial charge in [-0.2, -0.15) is 0 Å². The average Bonchev–Trinajstić information content (AvgIpc) is 2.17. The van der Waals surface area contributed by atoms with E-state index >= 15 is 0 Å². The molecule has 68 valence electrons. The Morgan fingerprint density at radius 3 is 2.83 bits per heavy atom. The van der Waals surface area contributed by atoms with Crippen molar-refractivity contribution in [2.75, 3.05) is 14.2 Å². The maximum Gasteiger partial charge on any atom is 0.249 e. The zero-order valence-electron chi connectivity index (χ0n) is 7.62. The van der Waals surface area contributed by atoms with Crippen molar-refractivity contribution in [3.63, 3.8) is 0 Å². The van der Waals surface area contributed by atoms with Crippen molar-refractivity contribution in [2.24, 2.45) is 5.92 Å². The van der Waals surface area contributed by atoms with Crippen LogP contribution in [0.1, 0.15) is 19.3 Å². The van der Waals surface area contributed by atoms with Crippen LogP contribution >= 0.6 is 0 Å². The minimum absolute atomic E-state index is 0.0850. The third-order valence-electron chi connectivity index (χ3n) is 2.20. The molecule has 0 N–H and O–H groups in total. The number of hydroxylamine groups is 2. The number of hydrogen-bond donors (Lipinski definition) is 0. The second-order valence-corrected chi connectivity index (χ2v) is 3.00. The van der Waals surface area contributed by atoms with E-state index in [1.54, 1.807) is 7.05 Å². The Bertz CT molecular complexity index is 189. The van der Waals surface area contributed by atoms with Crippen LogP contribution in [0.3, 0.4) is 0 Å². The van der Waals surface area contributed by atoms with E-state index in [0.717, 1.165) is 19.3 Å². The molecule has 3 nitrogen and oxygen atoms in total. The lowest BCUT2D eigenvalue weighted by molar-refractivity contribution is -0.173. The predicted molar refractivity (Wildman–Crippen MR) is 46.3 cm³/mol. The fourth-order valence-electron chi connectivity index (χ4n) is 1.36. The van der Waals surface area contributed by atoms with Crippen LogP contribution in [0.25, 0.3) is 0 Å². The SMILES string of the molecule is CON(C)C(=O)C1CC=CCC1. The summed E-state index contributed by atoms with van der Waals surface area (Å²) in [5.41, 5.74) is 0. The number of allylic oxidation sites excluding steroid dienone is 2. The second-order valence-electron chi connectivity index (χ2n) is 3.00. The summed E-state index contributed by atoms with van der Waals surface area (Å²) in [5, 5.41) is 1.31. The summed E-state index contributed by atoms with van der Waals surface area (Å²) in [6.07, 6.45) is 7.00. The van der Waals surface area contributed by atoms with Crippen LogP contribution in [-0.2, 0) is 9.63 Å². The number of amides is 1. The highest BCUT2D eigenvalue weighted by atomic mass is 16.7. The van der Waals surface area contributed by atoms with E-state index in [4.69, 9.17) is 4.84 Å². The van der Waals surface area contributed by atoms with Gasteiger partial charge in [0.15, 0.2) is 0 Å². The summed E-state index contributed by atoms with van der Waals surface area (Å²) >= 11 is 0. The molecule has 0 bridgehead atoms. The minimum atomic E-state index is 0.0850. The molecule has 0 spiro atoms. The van der Waals surface area contributed by atoms with Gasteiger partial charge in [-0.1, -0.05) is 12.2 Å². The number of nitrogens with zero attached hydrogens (tertiary/aromatic N) is 1. The Kier molecular flexibility index (Phi) is 3.29. The standard InChI is InChI=1S/C9H15NO2/c1-10(12-2)9(11)8-6-4-3-5-7-8/h3-4,8H,5-7H2,1-2H3. The number of rotatable bonds is 2. The van der Waals surface area contributed by atoms with E-state index in [1.165, 1.54) is 12.2 Å². The largest absolute Gasteiger partial charge is 0.275 e. The number of carbonyl (C=O) groups is 1. The van der Waals surface area contributed by atoms with Crippen molar-refractivity contribution >= 4 is 5.91 Å². The first-order chi connectivity index (χ1) is 5.75. The van der Waals surface area contributed by atoms with Crippen LogP contribution in [0.15, 0.2) is 12.2 Å². The summed E-state index contributed by atoms with van der Waals surface area (Å²) in [5.74, 6) is 0.210. The van der Waals surface area contributed by atoms with Crippen LogP contribution in [0.2, 0.25) is 0 Å². The Morgan fingerprint density at radius 2 is 2.33 bits per heavy atom. The molecule has 0 radical (unpaired) electrons. The molecule has 1 atom stereocenters. The number of hydrogen-bond acceptors (Lipinski definition) is 2. The summed E-state index contributed by atoms with van der Waals surface area (Å²) in [6, 6.07) is 0. The molecule has 0 aliphatic heterocycles. The molecule has 0 saturated carbocycles. The molecule has 3 heteroatoms. The normalized spacial score (nSPS) is 22.3. The molecule has 0 aromatic rings. The fourth-order valence-corrected chi connectivity index (χ4v) is 1.36. The Hall–Kier alpha value is -0.830. The van der Waals surface area contributed by atoms with Gasteiger partial charge in [0.2, 0.25) is 5.91 Å². The van der Waals surface area contributed by atoms with E-state index in [1.807, 2.05) is 0 Å². The molecule has 0 fully saturated rings. The van der Waals surface area contributed by atoms with Gasteiger partial charge in [0, 0.05) is 13.0 Å². The van der Waals surface area contributed by atoms with Gasteiger partial charge < -0.3 is 0 Å². The Labute approximate surface area is 73.0 Å². The van der Waals surface area contributed by atoms with Crippen molar-refractivity contribution < 1.29 is 9.63 Å². The first-order valence-corrected chi connectivity index (χ1v) is 4.22. The van der Waals surface area contributed by atoms with Crippen LogP contribution in [0, 0.1) is 5.92 Å². The van der Waals surface area contributed by atoms with Gasteiger partial charge in [-0.05, 0) is 19.3 Å². The van der Waals surface area contributed by atoms with E-state index in [-0.39, 0.29) is 11.8 Å². The summed E-state index contributed by atoms with van der Waals surface area (Å²) in [4.78, 5) is 16.3. The first-order valence-electron chi connectivity index (χ1n) is 4.22. The molecule has 0 aromatic carbocycles. The molecule has 0 aromatic heterocycles. The Morgan fingerprint density at radius 1 is 1.58 bits per heavy atom. The summed E-state index contributed by atoms with van der Waals surface area (Å²) in [6.45, 7) is 0. The second kappa shape index (κ2) is 4.26. The van der Waals surface area contributed by atoms with Gasteiger partial charge in [-0.25, -0.2) is 5.06 Å². The van der Waals surface area contributed by atoms with Crippen molar-refractivity contribution in [1.82, 2.24) is 5.06 Å². The molecule has 1 unspecified atom stereocenters. The first kappa shape index (κ1) is 9.26. The van der Waals surface area contributed by atoms with E-state index in [2.05, 4.69) is 12.2 Å². The summed E-state index contributed by atoms with van der Waals surface area (Å²) in [7, 11) is 3.16. The minimum Gasteiger partial charge on any atom is -0.275 e. The lowest BCUT2D eigenvalue weighted by atomic mass is 9.94. The average molecular weight is 169 g/mol. The molecule has 0 heterocycles. The molecule has 0 saturated heterocycles. The summed E-state index contributed by atoms with van der Waals surface area (Å²) < 4.78 is 0. The quantitative estimate of drug-likeness (QED) is 0.461. The Balaban J connectivity index is 2.46. The molecule has 1 amide bonds. The topological polar surface area (TPSA) is 29.5 Å². The van der Waals surface area contributed by atoms with Crippen molar-refractivity contribution in [2.45, 2.75) is 19.3 Å². The highest BCUT2D eigenvalue weighted by molar-refractivity contribution is 5.77. The van der Waals surface area contributed by atoms with Crippen LogP contribution < -0.4 is 0 Å². The third-order valence-corrected chi connectivity index (χ3v) is 2.20. The maximum atomic E-state index is 11.5. The van der Waals surface area contributed by atoms with Gasteiger partial charge in [0.25, 0.3) is 0 Å². The van der Waals surface area contributed by atoms with Gasteiger partial charge in [-0.3, -0.25) is 9.63 Å². The van der Waals surface area contributed by atoms with E-state index in [9.17, 15) is 4.79 Å². The van der Waals surface area contributed by atoms with E-state index < -0.39 is 0 Å². The molecule has 1 aliphatic rings. The molecule has 1 rings (SSSR count). The fraction of sp³-hybridized carbons (Fsp3) is 0.667. The van der Waals surface area contributed by atoms with Crippen molar-refractivity contribution in [3.05, 3.63) is 12.2 Å². The molecular formula is C9H15NO2. The van der Waals surface area contributed by atoms with Gasteiger partial charge in [0.1, 0.15) is 0 Å². The zero-order valence-corrected chi connectivity index (χ0v) is 7.62. The molecule has 12 heavy (non-hydrogen) atoms. The predicted octanol–water partition coefficient (Wildman–Crippen LogP) is 1.36. The lowest BCUT2D eigenvalue weighted by Gasteiger charge is -2.22. The highest BCUT2D eigenvalue weighted by Gasteiger charge is 2.21. The third kappa shape index (κ3) is 2.08. The van der Waals surface area contributed by atoms with Crippen molar-refractivity contribution in [1.29, 1.82) is 0 Å². The molecule has 1 aliphatic carbocycles. The van der Waals surface area contributed by atoms with E-state index in [0.29, 0.717) is 0 Å². The monoisotopic (exact) mass is 169 g/mol. The van der Waals surface area contributed by atoms with Crippen LogP contribution in [0.4, 0.5) is 0 Å². The van der Waals surface area contributed by atoms with Crippen LogP contribution in [-0.4, -0.2) is 25.1 Å². The van der Waals surface area contributed by atoms with Gasteiger partial charge in [-0.15, -0.1) is 0 Å². The molecular weight excluding hydrogens is 154 g/mol. The maximum absolute atomic E-state index is 11.5. The highest BCUT2D eigenvalue weighted by Crippen LogP contribution is 2.19.